The van der Waals surface area contributed by atoms with Crippen LogP contribution >= 0.6 is 0 Å². The molecule has 1 fully saturated rings. The highest BCUT2D eigenvalue weighted by Crippen LogP contribution is 2.39. The second-order valence-corrected chi connectivity index (χ2v) is 6.24. The molecule has 1 aromatic carbocycles. The molecule has 0 heterocycles. The Balaban J connectivity index is 2.12. The molecule has 0 unspecified atom stereocenters. The van der Waals surface area contributed by atoms with E-state index in [0.717, 1.165) is 37.1 Å². The molecule has 3 heteroatoms. The zero-order valence-electron chi connectivity index (χ0n) is 12.7. The van der Waals surface area contributed by atoms with Gasteiger partial charge in [-0.1, -0.05) is 38.8 Å². The van der Waals surface area contributed by atoms with Gasteiger partial charge in [-0.15, -0.1) is 0 Å². The van der Waals surface area contributed by atoms with E-state index in [1.807, 2.05) is 29.2 Å². The smallest absolute Gasteiger partial charge is 0.228 e. The van der Waals surface area contributed by atoms with Gasteiger partial charge in [-0.25, -0.2) is 0 Å². The average Bonchev–Trinajstić information content (AvgIpc) is 2.86. The Kier molecular flexibility index (Phi) is 4.69. The summed E-state index contributed by atoms with van der Waals surface area (Å²) >= 11 is 0. The molecule has 1 aliphatic rings. The van der Waals surface area contributed by atoms with Crippen LogP contribution in [0.3, 0.4) is 0 Å². The summed E-state index contributed by atoms with van der Waals surface area (Å²) < 4.78 is 0. The van der Waals surface area contributed by atoms with Crippen LogP contribution < -0.4 is 5.73 Å². The summed E-state index contributed by atoms with van der Waals surface area (Å²) in [6.45, 7) is 5.75. The third kappa shape index (κ3) is 3.33. The van der Waals surface area contributed by atoms with Crippen LogP contribution in [0.1, 0.15) is 51.5 Å². The Bertz CT molecular complexity index is 464. The minimum atomic E-state index is -0.143. The zero-order chi connectivity index (χ0) is 14.6. The standard InChI is InChI=1S/C17H26N2O/c1-3-11-19(13-14-7-6-8-15(18)12-14)16(20)17(2)9-4-5-10-17/h6-8,12H,3-5,9-11,13,18H2,1-2H3. The maximum atomic E-state index is 12.8. The first-order valence-electron chi connectivity index (χ1n) is 7.69. The third-order valence-electron chi connectivity index (χ3n) is 4.33. The molecule has 0 atom stereocenters. The van der Waals surface area contributed by atoms with Gasteiger partial charge in [-0.05, 0) is 37.0 Å². The van der Waals surface area contributed by atoms with Crippen molar-refractivity contribution in [3.05, 3.63) is 29.8 Å². The fraction of sp³-hybridized carbons (Fsp3) is 0.588. The SMILES string of the molecule is CCCN(Cc1cccc(N)c1)C(=O)C1(C)CCCC1. The van der Waals surface area contributed by atoms with Crippen molar-refractivity contribution < 1.29 is 4.79 Å². The molecule has 1 aromatic rings. The van der Waals surface area contributed by atoms with Crippen LogP contribution in [0.5, 0.6) is 0 Å². The number of anilines is 1. The number of nitrogens with zero attached hydrogens (tertiary/aromatic N) is 1. The van der Waals surface area contributed by atoms with Crippen molar-refractivity contribution in [2.24, 2.45) is 5.41 Å². The third-order valence-corrected chi connectivity index (χ3v) is 4.33. The van der Waals surface area contributed by atoms with E-state index in [0.29, 0.717) is 12.5 Å². The summed E-state index contributed by atoms with van der Waals surface area (Å²) in [4.78, 5) is 14.9. The van der Waals surface area contributed by atoms with Crippen molar-refractivity contribution in [1.29, 1.82) is 0 Å². The van der Waals surface area contributed by atoms with E-state index >= 15 is 0 Å². The van der Waals surface area contributed by atoms with Crippen molar-refractivity contribution >= 4 is 11.6 Å². The predicted octanol–water partition coefficient (Wildman–Crippen LogP) is 3.59. The molecule has 0 saturated heterocycles. The highest BCUT2D eigenvalue weighted by molar-refractivity contribution is 5.82. The fourth-order valence-corrected chi connectivity index (χ4v) is 3.19. The maximum Gasteiger partial charge on any atom is 0.228 e. The zero-order valence-corrected chi connectivity index (χ0v) is 12.7. The molecular formula is C17H26N2O. The Labute approximate surface area is 122 Å². The van der Waals surface area contributed by atoms with Gasteiger partial charge >= 0.3 is 0 Å². The van der Waals surface area contributed by atoms with Gasteiger partial charge < -0.3 is 10.6 Å². The summed E-state index contributed by atoms with van der Waals surface area (Å²) in [6.07, 6.45) is 5.41. The molecule has 1 saturated carbocycles. The number of carbonyl (C=O) groups is 1. The first kappa shape index (κ1) is 14.9. The lowest BCUT2D eigenvalue weighted by Crippen LogP contribution is -2.41. The second kappa shape index (κ2) is 6.29. The minimum absolute atomic E-state index is 0.143. The lowest BCUT2D eigenvalue weighted by atomic mass is 9.87. The summed E-state index contributed by atoms with van der Waals surface area (Å²) in [5.74, 6) is 0.319. The van der Waals surface area contributed by atoms with Crippen LogP contribution in [-0.2, 0) is 11.3 Å². The lowest BCUT2D eigenvalue weighted by molar-refractivity contribution is -0.141. The Hall–Kier alpha value is -1.51. The van der Waals surface area contributed by atoms with Crippen molar-refractivity contribution in [3.8, 4) is 0 Å². The van der Waals surface area contributed by atoms with E-state index in [1.54, 1.807) is 0 Å². The molecule has 1 amide bonds. The highest BCUT2D eigenvalue weighted by Gasteiger charge is 2.38. The average molecular weight is 274 g/mol. The van der Waals surface area contributed by atoms with E-state index < -0.39 is 0 Å². The molecular weight excluding hydrogens is 248 g/mol. The van der Waals surface area contributed by atoms with Crippen LogP contribution in [0.4, 0.5) is 5.69 Å². The van der Waals surface area contributed by atoms with E-state index in [-0.39, 0.29) is 5.41 Å². The van der Waals surface area contributed by atoms with E-state index in [2.05, 4.69) is 13.8 Å². The number of hydrogen-bond donors (Lipinski definition) is 1. The summed E-state index contributed by atoms with van der Waals surface area (Å²) in [6, 6.07) is 7.85. The predicted molar refractivity (Wildman–Crippen MR) is 83.1 cm³/mol. The number of amides is 1. The van der Waals surface area contributed by atoms with E-state index in [9.17, 15) is 4.79 Å². The number of carbonyl (C=O) groups excluding carboxylic acids is 1. The lowest BCUT2D eigenvalue weighted by Gasteiger charge is -2.31. The van der Waals surface area contributed by atoms with Gasteiger partial charge in [-0.2, -0.15) is 0 Å². The van der Waals surface area contributed by atoms with E-state index in [4.69, 9.17) is 5.73 Å². The van der Waals surface area contributed by atoms with Gasteiger partial charge in [0, 0.05) is 24.2 Å². The van der Waals surface area contributed by atoms with Gasteiger partial charge in [0.05, 0.1) is 0 Å². The van der Waals surface area contributed by atoms with Gasteiger partial charge in [-0.3, -0.25) is 4.79 Å². The quantitative estimate of drug-likeness (QED) is 0.834. The Morgan fingerprint density at radius 2 is 2.05 bits per heavy atom. The van der Waals surface area contributed by atoms with Crippen LogP contribution in [0.2, 0.25) is 0 Å². The van der Waals surface area contributed by atoms with Crippen LogP contribution in [0.15, 0.2) is 24.3 Å². The molecule has 0 aliphatic heterocycles. The van der Waals surface area contributed by atoms with Gasteiger partial charge in [0.1, 0.15) is 0 Å². The number of benzene rings is 1. The molecule has 20 heavy (non-hydrogen) atoms. The number of rotatable bonds is 5. The number of nitrogen functional groups attached to an aromatic ring is 1. The molecule has 2 N–H and O–H groups in total. The van der Waals surface area contributed by atoms with Crippen molar-refractivity contribution in [3.63, 3.8) is 0 Å². The summed E-state index contributed by atoms with van der Waals surface area (Å²) in [5.41, 5.74) is 7.57. The number of hydrogen-bond acceptors (Lipinski definition) is 2. The first-order chi connectivity index (χ1) is 9.55. The molecule has 0 bridgehead atoms. The molecule has 2 rings (SSSR count). The summed E-state index contributed by atoms with van der Waals surface area (Å²) in [7, 11) is 0. The van der Waals surface area contributed by atoms with E-state index in [1.165, 1.54) is 12.8 Å². The van der Waals surface area contributed by atoms with Crippen LogP contribution in [-0.4, -0.2) is 17.4 Å². The van der Waals surface area contributed by atoms with Crippen molar-refractivity contribution in [1.82, 2.24) is 4.90 Å². The normalized spacial score (nSPS) is 17.1. The largest absolute Gasteiger partial charge is 0.399 e. The molecule has 0 spiro atoms. The minimum Gasteiger partial charge on any atom is -0.399 e. The topological polar surface area (TPSA) is 46.3 Å². The monoisotopic (exact) mass is 274 g/mol. The van der Waals surface area contributed by atoms with Gasteiger partial charge in [0.15, 0.2) is 0 Å². The maximum absolute atomic E-state index is 12.8. The molecule has 1 aliphatic carbocycles. The Morgan fingerprint density at radius 1 is 1.35 bits per heavy atom. The second-order valence-electron chi connectivity index (χ2n) is 6.24. The van der Waals surface area contributed by atoms with Crippen molar-refractivity contribution in [2.45, 2.75) is 52.5 Å². The van der Waals surface area contributed by atoms with Gasteiger partial charge in [0.2, 0.25) is 5.91 Å². The fourth-order valence-electron chi connectivity index (χ4n) is 3.19. The van der Waals surface area contributed by atoms with Crippen LogP contribution in [0.25, 0.3) is 0 Å². The molecule has 110 valence electrons. The van der Waals surface area contributed by atoms with Crippen molar-refractivity contribution in [2.75, 3.05) is 12.3 Å². The highest BCUT2D eigenvalue weighted by atomic mass is 16.2. The number of nitrogens with two attached hydrogens (primary N) is 1. The Morgan fingerprint density at radius 3 is 2.65 bits per heavy atom. The molecule has 3 nitrogen and oxygen atoms in total. The summed E-state index contributed by atoms with van der Waals surface area (Å²) in [5, 5.41) is 0. The van der Waals surface area contributed by atoms with Gasteiger partial charge in [0.25, 0.3) is 0 Å². The molecule has 0 radical (unpaired) electrons. The first-order valence-corrected chi connectivity index (χ1v) is 7.69. The molecule has 0 aromatic heterocycles. The van der Waals surface area contributed by atoms with Crippen LogP contribution in [0, 0.1) is 5.41 Å².